The summed E-state index contributed by atoms with van der Waals surface area (Å²) in [6.07, 6.45) is 0.161. The molecule has 8 heteroatoms. The molecule has 0 saturated carbocycles. The number of carboxylic acids is 1. The summed E-state index contributed by atoms with van der Waals surface area (Å²) in [6.45, 7) is 1.95. The number of ether oxygens (including phenoxy) is 1. The second-order valence-corrected chi connectivity index (χ2v) is 8.33. The van der Waals surface area contributed by atoms with Crippen LogP contribution in [0.25, 0.3) is 11.1 Å². The Labute approximate surface area is 201 Å². The summed E-state index contributed by atoms with van der Waals surface area (Å²) in [5, 5.41) is 14.2. The predicted molar refractivity (Wildman–Crippen MR) is 129 cm³/mol. The number of amides is 2. The summed E-state index contributed by atoms with van der Waals surface area (Å²) in [7, 11) is 0. The average molecular weight is 477 g/mol. The first-order chi connectivity index (χ1) is 16.9. The predicted octanol–water partition coefficient (Wildman–Crippen LogP) is 5.17. The van der Waals surface area contributed by atoms with Gasteiger partial charge in [0.05, 0.1) is 5.56 Å². The number of hydrogen-bond acceptors (Lipinski definition) is 4. The van der Waals surface area contributed by atoms with Crippen LogP contribution in [0, 0.1) is 5.82 Å². The topological polar surface area (TPSA) is 105 Å². The molecule has 1 atom stereocenters. The van der Waals surface area contributed by atoms with Gasteiger partial charge in [-0.1, -0.05) is 61.9 Å². The van der Waals surface area contributed by atoms with Crippen molar-refractivity contribution in [2.45, 2.75) is 31.7 Å². The first kappa shape index (κ1) is 23.9. The van der Waals surface area contributed by atoms with Gasteiger partial charge in [-0.15, -0.1) is 0 Å². The molecule has 0 spiro atoms. The molecule has 1 unspecified atom stereocenters. The third kappa shape index (κ3) is 5.32. The number of rotatable bonds is 8. The van der Waals surface area contributed by atoms with Crippen molar-refractivity contribution in [1.29, 1.82) is 0 Å². The highest BCUT2D eigenvalue weighted by Crippen LogP contribution is 2.44. The Bertz CT molecular complexity index is 1230. The van der Waals surface area contributed by atoms with E-state index >= 15 is 0 Å². The van der Waals surface area contributed by atoms with Crippen LogP contribution in [0.15, 0.2) is 66.7 Å². The Hall–Kier alpha value is -4.20. The maximum atomic E-state index is 13.8. The zero-order valence-corrected chi connectivity index (χ0v) is 19.1. The van der Waals surface area contributed by atoms with Gasteiger partial charge in [-0.2, -0.15) is 0 Å². The van der Waals surface area contributed by atoms with Crippen LogP contribution < -0.4 is 10.6 Å². The highest BCUT2D eigenvalue weighted by atomic mass is 19.1. The van der Waals surface area contributed by atoms with E-state index in [9.17, 15) is 18.8 Å². The first-order valence-electron chi connectivity index (χ1n) is 11.3. The molecule has 3 N–H and O–H groups in total. The number of fused-ring (bicyclic) bond motifs is 3. The van der Waals surface area contributed by atoms with Gasteiger partial charge in [0, 0.05) is 11.6 Å². The van der Waals surface area contributed by atoms with Crippen molar-refractivity contribution < 1.29 is 28.6 Å². The second kappa shape index (κ2) is 10.4. The Morgan fingerprint density at radius 2 is 1.63 bits per heavy atom. The van der Waals surface area contributed by atoms with Crippen LogP contribution in [0.2, 0.25) is 0 Å². The molecular weight excluding hydrogens is 451 g/mol. The molecule has 3 aromatic rings. The van der Waals surface area contributed by atoms with Crippen molar-refractivity contribution in [2.75, 3.05) is 11.9 Å². The number of carbonyl (C=O) groups is 3. The van der Waals surface area contributed by atoms with E-state index in [-0.39, 0.29) is 23.8 Å². The van der Waals surface area contributed by atoms with E-state index in [1.807, 2.05) is 55.5 Å². The van der Waals surface area contributed by atoms with Gasteiger partial charge < -0.3 is 20.5 Å². The molecule has 0 aromatic heterocycles. The average Bonchev–Trinajstić information content (AvgIpc) is 3.16. The highest BCUT2D eigenvalue weighted by molar-refractivity contribution is 5.98. The van der Waals surface area contributed by atoms with Gasteiger partial charge in [0.2, 0.25) is 5.91 Å². The second-order valence-electron chi connectivity index (χ2n) is 8.33. The number of carboxylic acid groups (broad SMARTS) is 1. The van der Waals surface area contributed by atoms with Crippen LogP contribution in [-0.4, -0.2) is 35.7 Å². The van der Waals surface area contributed by atoms with E-state index in [0.29, 0.717) is 12.8 Å². The minimum absolute atomic E-state index is 0.0113. The third-order valence-electron chi connectivity index (χ3n) is 5.94. The third-order valence-corrected chi connectivity index (χ3v) is 5.94. The Morgan fingerprint density at radius 1 is 1.00 bits per heavy atom. The molecule has 0 bridgehead atoms. The maximum absolute atomic E-state index is 13.8. The van der Waals surface area contributed by atoms with E-state index in [2.05, 4.69) is 10.6 Å². The SMILES string of the molecule is CCCC(NC(=O)OCC1c2ccccc2-c2ccccc21)C(=O)Nc1cc(F)cc(C(=O)O)c1. The Balaban J connectivity index is 1.42. The minimum Gasteiger partial charge on any atom is -0.478 e. The van der Waals surface area contributed by atoms with Crippen molar-refractivity contribution in [2.24, 2.45) is 0 Å². The molecule has 7 nitrogen and oxygen atoms in total. The van der Waals surface area contributed by atoms with E-state index in [1.165, 1.54) is 0 Å². The minimum atomic E-state index is -1.32. The zero-order chi connectivity index (χ0) is 24.9. The van der Waals surface area contributed by atoms with Crippen LogP contribution in [0.3, 0.4) is 0 Å². The summed E-state index contributed by atoms with van der Waals surface area (Å²) >= 11 is 0. The van der Waals surface area contributed by atoms with Gasteiger partial charge in [0.25, 0.3) is 0 Å². The van der Waals surface area contributed by atoms with Crippen LogP contribution in [-0.2, 0) is 9.53 Å². The molecule has 3 aromatic carbocycles. The molecule has 1 aliphatic carbocycles. The first-order valence-corrected chi connectivity index (χ1v) is 11.3. The number of hydrogen-bond donors (Lipinski definition) is 3. The Morgan fingerprint density at radius 3 is 2.23 bits per heavy atom. The molecule has 180 valence electrons. The van der Waals surface area contributed by atoms with Crippen molar-refractivity contribution in [1.82, 2.24) is 5.32 Å². The van der Waals surface area contributed by atoms with Gasteiger partial charge in [-0.05, 0) is 46.9 Å². The number of anilines is 1. The lowest BCUT2D eigenvalue weighted by molar-refractivity contribution is -0.118. The lowest BCUT2D eigenvalue weighted by Crippen LogP contribution is -2.44. The summed E-state index contributed by atoms with van der Waals surface area (Å²) in [5.74, 6) is -2.82. The van der Waals surface area contributed by atoms with Gasteiger partial charge >= 0.3 is 12.1 Å². The molecule has 35 heavy (non-hydrogen) atoms. The van der Waals surface area contributed by atoms with Crippen molar-refractivity contribution in [3.8, 4) is 11.1 Å². The molecular formula is C27H25FN2O5. The molecule has 0 fully saturated rings. The maximum Gasteiger partial charge on any atom is 0.407 e. The quantitative estimate of drug-likeness (QED) is 0.416. The number of aromatic carboxylic acids is 1. The smallest absolute Gasteiger partial charge is 0.407 e. The van der Waals surface area contributed by atoms with E-state index in [0.717, 1.165) is 40.5 Å². The number of halogens is 1. The van der Waals surface area contributed by atoms with Crippen LogP contribution >= 0.6 is 0 Å². The van der Waals surface area contributed by atoms with Gasteiger partial charge in [-0.25, -0.2) is 14.0 Å². The molecule has 4 rings (SSSR count). The summed E-state index contributed by atoms with van der Waals surface area (Å²) < 4.78 is 19.3. The fraction of sp³-hybridized carbons (Fsp3) is 0.222. The summed E-state index contributed by atoms with van der Waals surface area (Å²) in [5.41, 5.74) is 4.06. The fourth-order valence-electron chi connectivity index (χ4n) is 4.35. The lowest BCUT2D eigenvalue weighted by Gasteiger charge is -2.19. The van der Waals surface area contributed by atoms with Crippen molar-refractivity contribution >= 4 is 23.7 Å². The monoisotopic (exact) mass is 476 g/mol. The number of benzene rings is 3. The summed E-state index contributed by atoms with van der Waals surface area (Å²) in [6, 6.07) is 18.0. The molecule has 0 saturated heterocycles. The Kier molecular flexibility index (Phi) is 7.10. The highest BCUT2D eigenvalue weighted by Gasteiger charge is 2.29. The van der Waals surface area contributed by atoms with E-state index < -0.39 is 29.8 Å². The molecule has 0 heterocycles. The van der Waals surface area contributed by atoms with E-state index in [4.69, 9.17) is 9.84 Å². The summed E-state index contributed by atoms with van der Waals surface area (Å²) in [4.78, 5) is 36.5. The molecule has 0 radical (unpaired) electrons. The largest absolute Gasteiger partial charge is 0.478 e. The van der Waals surface area contributed by atoms with Crippen molar-refractivity contribution in [3.63, 3.8) is 0 Å². The van der Waals surface area contributed by atoms with Crippen molar-refractivity contribution in [3.05, 3.63) is 89.2 Å². The van der Waals surface area contributed by atoms with E-state index in [1.54, 1.807) is 0 Å². The van der Waals surface area contributed by atoms with Crippen LogP contribution in [0.5, 0.6) is 0 Å². The molecule has 0 aliphatic heterocycles. The fourth-order valence-corrected chi connectivity index (χ4v) is 4.35. The number of nitrogens with one attached hydrogen (secondary N) is 2. The van der Waals surface area contributed by atoms with Gasteiger partial charge in [0.15, 0.2) is 0 Å². The lowest BCUT2D eigenvalue weighted by atomic mass is 9.98. The van der Waals surface area contributed by atoms with Gasteiger partial charge in [-0.3, -0.25) is 4.79 Å². The number of carbonyl (C=O) groups excluding carboxylic acids is 2. The molecule has 2 amide bonds. The van der Waals surface area contributed by atoms with Gasteiger partial charge in [0.1, 0.15) is 18.5 Å². The standard InChI is InChI=1S/C27H25FN2O5/c1-2-7-24(25(31)29-18-13-16(26(32)33)12-17(28)14-18)30-27(34)35-15-23-21-10-5-3-8-19(21)20-9-4-6-11-22(20)23/h3-6,8-14,23-24H,2,7,15H2,1H3,(H,29,31)(H,30,34)(H,32,33). The van der Waals surface area contributed by atoms with Crippen LogP contribution in [0.4, 0.5) is 14.9 Å². The number of alkyl carbamates (subject to hydrolysis) is 1. The molecule has 1 aliphatic rings. The normalized spacial score (nSPS) is 12.9. The zero-order valence-electron chi connectivity index (χ0n) is 19.1. The van der Waals surface area contributed by atoms with Crippen LogP contribution in [0.1, 0.15) is 47.2 Å².